The molecule has 1 unspecified atom stereocenters. The summed E-state index contributed by atoms with van der Waals surface area (Å²) in [4.78, 5) is 29.4. The lowest BCUT2D eigenvalue weighted by Gasteiger charge is -2.38. The molecule has 1 heterocycles. The van der Waals surface area contributed by atoms with Crippen molar-refractivity contribution in [3.8, 4) is 0 Å². The number of imide groups is 1. The van der Waals surface area contributed by atoms with Crippen LogP contribution < -0.4 is 0 Å². The summed E-state index contributed by atoms with van der Waals surface area (Å²) in [6.45, 7) is 12.5. The highest BCUT2D eigenvalue weighted by Crippen LogP contribution is 2.44. The second-order valence-electron chi connectivity index (χ2n) is 8.30. The van der Waals surface area contributed by atoms with Crippen molar-refractivity contribution in [3.63, 3.8) is 0 Å². The normalized spacial score (nSPS) is 20.9. The van der Waals surface area contributed by atoms with Crippen LogP contribution in [-0.2, 0) is 10.3 Å². The number of hydrogen-bond acceptors (Lipinski definition) is 2. The Morgan fingerprint density at radius 3 is 1.81 bits per heavy atom. The third-order valence-electron chi connectivity index (χ3n) is 5.97. The highest BCUT2D eigenvalue weighted by Gasteiger charge is 2.61. The van der Waals surface area contributed by atoms with E-state index in [0.29, 0.717) is 0 Å². The molecule has 1 fully saturated rings. The fourth-order valence-corrected chi connectivity index (χ4v) is 10.4. The number of nitrogens with zero attached hydrogens (tertiary/aromatic N) is 2. The number of benzene rings is 1. The predicted octanol–water partition coefficient (Wildman–Crippen LogP) is 5.75. The Balaban J connectivity index is 2.64. The van der Waals surface area contributed by atoms with Crippen molar-refractivity contribution < 1.29 is 9.59 Å². The van der Waals surface area contributed by atoms with E-state index in [1.54, 1.807) is 4.57 Å². The van der Waals surface area contributed by atoms with Gasteiger partial charge in [0.15, 0.2) is 8.24 Å². The second kappa shape index (κ2) is 8.59. The van der Waals surface area contributed by atoms with Gasteiger partial charge < -0.3 is 4.90 Å². The van der Waals surface area contributed by atoms with Gasteiger partial charge in [-0.3, -0.25) is 9.36 Å². The Labute approximate surface area is 166 Å². The molecule has 0 bridgehead atoms. The largest absolute Gasteiger partial charge is 0.320 e. The van der Waals surface area contributed by atoms with E-state index in [1.807, 2.05) is 56.0 Å². The van der Waals surface area contributed by atoms with Gasteiger partial charge in [-0.1, -0.05) is 70.4 Å². The topological polar surface area (TPSA) is 40.6 Å². The summed E-state index contributed by atoms with van der Waals surface area (Å²) in [5.41, 5.74) is -0.00747. The van der Waals surface area contributed by atoms with Gasteiger partial charge in [0.05, 0.1) is 0 Å². The second-order valence-corrected chi connectivity index (χ2v) is 12.7. The molecule has 0 radical (unpaired) electrons. The Morgan fingerprint density at radius 2 is 1.41 bits per heavy atom. The van der Waals surface area contributed by atoms with E-state index >= 15 is 0 Å². The first-order valence-corrected chi connectivity index (χ1v) is 13.1. The van der Waals surface area contributed by atoms with Crippen molar-refractivity contribution in [2.75, 3.05) is 0 Å². The van der Waals surface area contributed by atoms with E-state index < -0.39 is 13.8 Å². The molecule has 1 aliphatic rings. The average Bonchev–Trinajstić information content (AvgIpc) is 2.83. The maximum absolute atomic E-state index is 13.9. The lowest BCUT2D eigenvalue weighted by Crippen LogP contribution is -2.57. The molecule has 150 valence electrons. The van der Waals surface area contributed by atoms with Gasteiger partial charge in [-0.25, -0.2) is 4.79 Å². The van der Waals surface area contributed by atoms with Crippen LogP contribution in [0.1, 0.15) is 66.4 Å². The van der Waals surface area contributed by atoms with Gasteiger partial charge in [0, 0.05) is 6.04 Å². The molecule has 5 heteroatoms. The molecular weight excluding hydrogens is 352 g/mol. The van der Waals surface area contributed by atoms with Crippen molar-refractivity contribution in [2.24, 2.45) is 0 Å². The van der Waals surface area contributed by atoms with Crippen molar-refractivity contribution >= 4 is 20.2 Å². The molecule has 1 atom stereocenters. The molecule has 3 amide bonds. The highest BCUT2D eigenvalue weighted by atomic mass is 28.3. The van der Waals surface area contributed by atoms with Crippen molar-refractivity contribution in [1.29, 1.82) is 0 Å². The van der Waals surface area contributed by atoms with E-state index in [9.17, 15) is 9.59 Å². The van der Waals surface area contributed by atoms with Gasteiger partial charge in [-0.2, -0.15) is 0 Å². The number of hydrogen-bond donors (Lipinski definition) is 0. The van der Waals surface area contributed by atoms with Crippen molar-refractivity contribution in [1.82, 2.24) is 9.47 Å². The van der Waals surface area contributed by atoms with Gasteiger partial charge in [-0.05, 0) is 44.5 Å². The summed E-state index contributed by atoms with van der Waals surface area (Å²) < 4.78 is 1.79. The molecule has 1 aliphatic heterocycles. The maximum atomic E-state index is 13.9. The molecule has 0 saturated carbocycles. The van der Waals surface area contributed by atoms with Crippen LogP contribution in [0.3, 0.4) is 0 Å². The fraction of sp³-hybridized carbons (Fsp3) is 0.636. The van der Waals surface area contributed by atoms with Crippen LogP contribution in [0.5, 0.6) is 0 Å². The van der Waals surface area contributed by atoms with Crippen LogP contribution in [0.15, 0.2) is 30.3 Å². The van der Waals surface area contributed by atoms with E-state index in [4.69, 9.17) is 0 Å². The highest BCUT2D eigenvalue weighted by molar-refractivity contribution is 6.81. The molecule has 1 saturated heterocycles. The van der Waals surface area contributed by atoms with Crippen LogP contribution in [0.25, 0.3) is 0 Å². The molecule has 27 heavy (non-hydrogen) atoms. The monoisotopic (exact) mass is 388 g/mol. The van der Waals surface area contributed by atoms with E-state index in [1.165, 1.54) is 0 Å². The zero-order chi connectivity index (χ0) is 20.2. The van der Waals surface area contributed by atoms with Gasteiger partial charge >= 0.3 is 6.03 Å². The first kappa shape index (κ1) is 21.7. The van der Waals surface area contributed by atoms with Crippen molar-refractivity contribution in [2.45, 2.75) is 90.5 Å². The first-order chi connectivity index (χ1) is 12.8. The van der Waals surface area contributed by atoms with Crippen LogP contribution in [0.4, 0.5) is 4.79 Å². The summed E-state index contributed by atoms with van der Waals surface area (Å²) in [6.07, 6.45) is 3.06. The van der Waals surface area contributed by atoms with Crippen LogP contribution in [-0.4, -0.2) is 35.7 Å². The van der Waals surface area contributed by atoms with Gasteiger partial charge in [0.1, 0.15) is 5.54 Å². The van der Waals surface area contributed by atoms with Crippen LogP contribution in [0, 0.1) is 0 Å². The number of carbonyl (C=O) groups is 2. The molecule has 4 nitrogen and oxygen atoms in total. The molecule has 1 aromatic carbocycles. The predicted molar refractivity (Wildman–Crippen MR) is 114 cm³/mol. The zero-order valence-electron chi connectivity index (χ0n) is 17.9. The summed E-state index contributed by atoms with van der Waals surface area (Å²) in [5, 5.41) is 0. The van der Waals surface area contributed by atoms with E-state index in [0.717, 1.165) is 43.0 Å². The van der Waals surface area contributed by atoms with Gasteiger partial charge in [-0.15, -0.1) is 0 Å². The summed E-state index contributed by atoms with van der Waals surface area (Å²) in [6, 6.07) is 12.7. The Kier molecular flexibility index (Phi) is 6.90. The zero-order valence-corrected chi connectivity index (χ0v) is 18.9. The minimum absolute atomic E-state index is 0.00517. The molecule has 1 aromatic rings. The molecule has 0 aliphatic carbocycles. The minimum atomic E-state index is -2.21. The Bertz CT molecular complexity index is 645. The standard InChI is InChI=1S/C22H36N2O2Si/c1-7-15-27(16-8-2,17-9-3)24-20(25)22(6,19-13-11-10-12-14-19)23(18(4)5)21(24)26/h10-14,18H,7-9,15-17H2,1-6H3. The van der Waals surface area contributed by atoms with E-state index in [-0.39, 0.29) is 18.0 Å². The Morgan fingerprint density at radius 1 is 0.926 bits per heavy atom. The average molecular weight is 389 g/mol. The molecular formula is C22H36N2O2Si. The summed E-state index contributed by atoms with van der Waals surface area (Å²) in [5.74, 6) is -0.00517. The number of carbonyl (C=O) groups excluding carboxylic acids is 2. The van der Waals surface area contributed by atoms with Crippen molar-refractivity contribution in [3.05, 3.63) is 35.9 Å². The van der Waals surface area contributed by atoms with Gasteiger partial charge in [0.2, 0.25) is 0 Å². The molecule has 0 spiro atoms. The lowest BCUT2D eigenvalue weighted by atomic mass is 9.90. The number of amides is 3. The molecule has 0 aromatic heterocycles. The SMILES string of the molecule is CCC[Si](CCC)(CCC)N1C(=O)N(C(C)C)C(C)(c2ccccc2)C1=O. The molecule has 0 N–H and O–H groups in total. The summed E-state index contributed by atoms with van der Waals surface area (Å²) >= 11 is 0. The summed E-state index contributed by atoms with van der Waals surface area (Å²) in [7, 11) is -2.21. The quantitative estimate of drug-likeness (QED) is 0.399. The smallest absolute Gasteiger partial charge is 0.304 e. The third kappa shape index (κ3) is 3.58. The maximum Gasteiger partial charge on any atom is 0.320 e. The van der Waals surface area contributed by atoms with Gasteiger partial charge in [0.25, 0.3) is 5.91 Å². The lowest BCUT2D eigenvalue weighted by molar-refractivity contribution is -0.131. The van der Waals surface area contributed by atoms with E-state index in [2.05, 4.69) is 20.8 Å². The minimum Gasteiger partial charge on any atom is -0.304 e. The molecule has 2 rings (SSSR count). The van der Waals surface area contributed by atoms with Crippen LogP contribution in [0.2, 0.25) is 18.1 Å². The number of rotatable bonds is 9. The first-order valence-electron chi connectivity index (χ1n) is 10.5. The van der Waals surface area contributed by atoms with Crippen LogP contribution >= 0.6 is 0 Å². The Hall–Kier alpha value is -1.62. The third-order valence-corrected chi connectivity index (χ3v) is 11.6. The number of urea groups is 1. The fourth-order valence-electron chi connectivity index (χ4n) is 4.99.